The molecule has 0 aromatic heterocycles. The highest BCUT2D eigenvalue weighted by atomic mass is 15.1. The Morgan fingerprint density at radius 3 is 2.41 bits per heavy atom. The first-order chi connectivity index (χ1) is 8.24. The molecule has 1 aliphatic carbocycles. The van der Waals surface area contributed by atoms with Crippen molar-refractivity contribution >= 4 is 0 Å². The molecule has 1 N–H and O–H groups in total. The molecule has 0 aromatic carbocycles. The molecule has 17 heavy (non-hydrogen) atoms. The number of piperidine rings is 1. The van der Waals surface area contributed by atoms with Crippen molar-refractivity contribution in [2.45, 2.75) is 57.9 Å². The minimum absolute atomic E-state index is 0.760. The van der Waals surface area contributed by atoms with E-state index >= 15 is 0 Å². The normalized spacial score (nSPS) is 35.1. The van der Waals surface area contributed by atoms with E-state index in [9.17, 15) is 0 Å². The average Bonchev–Trinajstić information content (AvgIpc) is 2.33. The molecule has 2 rings (SSSR count). The monoisotopic (exact) mass is 238 g/mol. The highest BCUT2D eigenvalue weighted by molar-refractivity contribution is 4.77. The second kappa shape index (κ2) is 6.75. The van der Waals surface area contributed by atoms with Gasteiger partial charge in [0.2, 0.25) is 0 Å². The van der Waals surface area contributed by atoms with Gasteiger partial charge in [-0.3, -0.25) is 0 Å². The predicted octanol–water partition coefficient (Wildman–Crippen LogP) is 2.89. The van der Waals surface area contributed by atoms with Crippen LogP contribution in [0.1, 0.15) is 51.9 Å². The zero-order valence-electron chi connectivity index (χ0n) is 11.8. The van der Waals surface area contributed by atoms with Crippen LogP contribution < -0.4 is 5.32 Å². The van der Waals surface area contributed by atoms with Gasteiger partial charge in [0.05, 0.1) is 0 Å². The fraction of sp³-hybridized carbons (Fsp3) is 1.00. The minimum Gasteiger partial charge on any atom is -0.313 e. The van der Waals surface area contributed by atoms with Crippen LogP contribution >= 0.6 is 0 Å². The SMILES string of the molecule is CC1CCC(CN(C)CC2CCCCN2)CC1. The fourth-order valence-corrected chi connectivity index (χ4v) is 3.48. The minimum atomic E-state index is 0.760. The molecular formula is C15H30N2. The van der Waals surface area contributed by atoms with Crippen molar-refractivity contribution in [1.29, 1.82) is 0 Å². The molecular weight excluding hydrogens is 208 g/mol. The van der Waals surface area contributed by atoms with Crippen molar-refractivity contribution in [3.63, 3.8) is 0 Å². The summed E-state index contributed by atoms with van der Waals surface area (Å²) in [6.45, 7) is 6.22. The van der Waals surface area contributed by atoms with E-state index in [0.717, 1.165) is 17.9 Å². The first kappa shape index (κ1) is 13.4. The number of nitrogens with one attached hydrogen (secondary N) is 1. The molecule has 1 heterocycles. The summed E-state index contributed by atoms with van der Waals surface area (Å²) in [5.74, 6) is 1.95. The van der Waals surface area contributed by atoms with Crippen LogP contribution in [0.15, 0.2) is 0 Å². The number of hydrogen-bond acceptors (Lipinski definition) is 2. The van der Waals surface area contributed by atoms with E-state index in [2.05, 4.69) is 24.2 Å². The summed E-state index contributed by atoms with van der Waals surface area (Å²) in [5, 5.41) is 3.65. The van der Waals surface area contributed by atoms with Gasteiger partial charge in [0.15, 0.2) is 0 Å². The van der Waals surface area contributed by atoms with Crippen LogP contribution in [-0.4, -0.2) is 37.6 Å². The van der Waals surface area contributed by atoms with Crippen LogP contribution in [-0.2, 0) is 0 Å². The lowest BCUT2D eigenvalue weighted by Gasteiger charge is -2.33. The highest BCUT2D eigenvalue weighted by Gasteiger charge is 2.21. The molecule has 2 aliphatic rings. The van der Waals surface area contributed by atoms with Gasteiger partial charge >= 0.3 is 0 Å². The Hall–Kier alpha value is -0.0800. The molecule has 0 amide bonds. The van der Waals surface area contributed by atoms with Gasteiger partial charge in [-0.05, 0) is 51.1 Å². The number of hydrogen-bond donors (Lipinski definition) is 1. The summed E-state index contributed by atoms with van der Waals surface area (Å²) in [4.78, 5) is 2.57. The Morgan fingerprint density at radius 1 is 1.00 bits per heavy atom. The van der Waals surface area contributed by atoms with Gasteiger partial charge < -0.3 is 10.2 Å². The van der Waals surface area contributed by atoms with Gasteiger partial charge in [-0.25, -0.2) is 0 Å². The first-order valence-corrected chi connectivity index (χ1v) is 7.66. The maximum atomic E-state index is 3.65. The largest absolute Gasteiger partial charge is 0.313 e. The molecule has 1 atom stereocenters. The van der Waals surface area contributed by atoms with Crippen molar-refractivity contribution in [1.82, 2.24) is 10.2 Å². The Kier molecular flexibility index (Phi) is 5.30. The van der Waals surface area contributed by atoms with Crippen LogP contribution in [0.3, 0.4) is 0 Å². The lowest BCUT2D eigenvalue weighted by molar-refractivity contribution is 0.189. The van der Waals surface area contributed by atoms with Gasteiger partial charge in [-0.2, -0.15) is 0 Å². The van der Waals surface area contributed by atoms with E-state index in [-0.39, 0.29) is 0 Å². The molecule has 100 valence electrons. The number of rotatable bonds is 4. The third kappa shape index (κ3) is 4.59. The van der Waals surface area contributed by atoms with Gasteiger partial charge in [-0.1, -0.05) is 26.2 Å². The molecule has 1 saturated carbocycles. The van der Waals surface area contributed by atoms with Crippen molar-refractivity contribution in [2.75, 3.05) is 26.7 Å². The molecule has 0 spiro atoms. The molecule has 2 heteroatoms. The van der Waals surface area contributed by atoms with E-state index in [1.807, 2.05) is 0 Å². The zero-order chi connectivity index (χ0) is 12.1. The van der Waals surface area contributed by atoms with Gasteiger partial charge in [-0.15, -0.1) is 0 Å². The van der Waals surface area contributed by atoms with Crippen molar-refractivity contribution in [3.8, 4) is 0 Å². The van der Waals surface area contributed by atoms with Crippen LogP contribution in [0.5, 0.6) is 0 Å². The average molecular weight is 238 g/mol. The van der Waals surface area contributed by atoms with Crippen molar-refractivity contribution < 1.29 is 0 Å². The number of nitrogens with zero attached hydrogens (tertiary/aromatic N) is 1. The van der Waals surface area contributed by atoms with Gasteiger partial charge in [0, 0.05) is 19.1 Å². The standard InChI is InChI=1S/C15H30N2/c1-13-6-8-14(9-7-13)11-17(2)12-15-5-3-4-10-16-15/h13-16H,3-12H2,1-2H3. The Morgan fingerprint density at radius 2 is 1.76 bits per heavy atom. The maximum absolute atomic E-state index is 3.65. The van der Waals surface area contributed by atoms with E-state index in [4.69, 9.17) is 0 Å². The van der Waals surface area contributed by atoms with E-state index in [0.29, 0.717) is 0 Å². The second-order valence-corrected chi connectivity index (χ2v) is 6.49. The molecule has 1 saturated heterocycles. The lowest BCUT2D eigenvalue weighted by atomic mass is 9.83. The third-order valence-corrected chi connectivity index (χ3v) is 4.65. The van der Waals surface area contributed by atoms with Crippen molar-refractivity contribution in [3.05, 3.63) is 0 Å². The molecule has 1 unspecified atom stereocenters. The Bertz CT molecular complexity index is 203. The third-order valence-electron chi connectivity index (χ3n) is 4.65. The molecule has 2 fully saturated rings. The van der Waals surface area contributed by atoms with Gasteiger partial charge in [0.1, 0.15) is 0 Å². The lowest BCUT2D eigenvalue weighted by Crippen LogP contribution is -2.43. The van der Waals surface area contributed by atoms with Crippen LogP contribution in [0, 0.1) is 11.8 Å². The molecule has 0 radical (unpaired) electrons. The quantitative estimate of drug-likeness (QED) is 0.810. The highest BCUT2D eigenvalue weighted by Crippen LogP contribution is 2.28. The predicted molar refractivity (Wildman–Crippen MR) is 74.3 cm³/mol. The first-order valence-electron chi connectivity index (χ1n) is 7.66. The summed E-state index contributed by atoms with van der Waals surface area (Å²) < 4.78 is 0. The van der Waals surface area contributed by atoms with E-state index in [1.54, 1.807) is 0 Å². The smallest absolute Gasteiger partial charge is 0.0194 e. The number of likely N-dealkylation sites (N-methyl/N-ethyl adjacent to an activating group) is 1. The van der Waals surface area contributed by atoms with Crippen molar-refractivity contribution in [2.24, 2.45) is 11.8 Å². The molecule has 1 aliphatic heterocycles. The van der Waals surface area contributed by atoms with Gasteiger partial charge in [0.25, 0.3) is 0 Å². The van der Waals surface area contributed by atoms with E-state index in [1.165, 1.54) is 64.6 Å². The second-order valence-electron chi connectivity index (χ2n) is 6.49. The Labute approximate surface area is 107 Å². The molecule has 2 nitrogen and oxygen atoms in total. The summed E-state index contributed by atoms with van der Waals surface area (Å²) in [6.07, 6.45) is 10.0. The summed E-state index contributed by atoms with van der Waals surface area (Å²) in [5.41, 5.74) is 0. The topological polar surface area (TPSA) is 15.3 Å². The summed E-state index contributed by atoms with van der Waals surface area (Å²) in [6, 6.07) is 0.760. The van der Waals surface area contributed by atoms with Crippen LogP contribution in [0.4, 0.5) is 0 Å². The zero-order valence-corrected chi connectivity index (χ0v) is 11.8. The molecule has 0 aromatic rings. The van der Waals surface area contributed by atoms with Crippen LogP contribution in [0.2, 0.25) is 0 Å². The summed E-state index contributed by atoms with van der Waals surface area (Å²) in [7, 11) is 2.31. The fourth-order valence-electron chi connectivity index (χ4n) is 3.48. The maximum Gasteiger partial charge on any atom is 0.0194 e. The van der Waals surface area contributed by atoms with Crippen LogP contribution in [0.25, 0.3) is 0 Å². The summed E-state index contributed by atoms with van der Waals surface area (Å²) >= 11 is 0. The van der Waals surface area contributed by atoms with E-state index < -0.39 is 0 Å². The Balaban J connectivity index is 1.64. The molecule has 0 bridgehead atoms.